The second kappa shape index (κ2) is 7.84. The van der Waals surface area contributed by atoms with Gasteiger partial charge >= 0.3 is 0 Å². The third-order valence-corrected chi connectivity index (χ3v) is 5.32. The zero-order valence-electron chi connectivity index (χ0n) is 16.7. The summed E-state index contributed by atoms with van der Waals surface area (Å²) in [5.41, 5.74) is 2.09. The molecule has 150 valence electrons. The monoisotopic (exact) mass is 400 g/mol. The number of rotatable bonds is 3. The molecule has 2 heterocycles. The van der Waals surface area contributed by atoms with Crippen LogP contribution in [0.15, 0.2) is 59.4 Å². The molecule has 0 spiro atoms. The highest BCUT2D eigenvalue weighted by molar-refractivity contribution is 5.96. The lowest BCUT2D eigenvalue weighted by atomic mass is 10.0. The average Bonchev–Trinajstić information content (AvgIpc) is 2.77. The summed E-state index contributed by atoms with van der Waals surface area (Å²) in [5.74, 6) is 0.303. The van der Waals surface area contributed by atoms with Crippen LogP contribution in [0.5, 0.6) is 5.75 Å². The highest BCUT2D eigenvalue weighted by atomic mass is 16.5. The molecule has 0 fully saturated rings. The van der Waals surface area contributed by atoms with Crippen molar-refractivity contribution in [3.63, 3.8) is 0 Å². The first kappa shape index (κ1) is 19.4. The van der Waals surface area contributed by atoms with Crippen LogP contribution in [0.2, 0.25) is 0 Å². The Hall–Kier alpha value is -3.92. The summed E-state index contributed by atoms with van der Waals surface area (Å²) in [7, 11) is 0. The van der Waals surface area contributed by atoms with Gasteiger partial charge in [0.1, 0.15) is 30.5 Å². The quantitative estimate of drug-likeness (QED) is 0.675. The number of aryl methyl sites for hydroxylation is 1. The average molecular weight is 400 g/mol. The number of anilines is 1. The molecule has 0 saturated carbocycles. The molecule has 2 aromatic carbocycles. The molecule has 0 N–H and O–H groups in total. The predicted octanol–water partition coefficient (Wildman–Crippen LogP) is 2.90. The highest BCUT2D eigenvalue weighted by Gasteiger charge is 2.33. The molecular weight excluding hydrogens is 380 g/mol. The van der Waals surface area contributed by atoms with Gasteiger partial charge in [-0.05, 0) is 37.1 Å². The van der Waals surface area contributed by atoms with E-state index >= 15 is 0 Å². The molecule has 30 heavy (non-hydrogen) atoms. The van der Waals surface area contributed by atoms with Gasteiger partial charge in [0.25, 0.3) is 5.56 Å². The minimum atomic E-state index is -0.563. The maximum absolute atomic E-state index is 13.4. The summed E-state index contributed by atoms with van der Waals surface area (Å²) in [6, 6.07) is 18.5. The topological polar surface area (TPSA) is 88.2 Å². The minimum absolute atomic E-state index is 0.0114. The van der Waals surface area contributed by atoms with E-state index < -0.39 is 5.56 Å². The van der Waals surface area contributed by atoms with Gasteiger partial charge in [-0.25, -0.2) is 4.68 Å². The number of amides is 1. The molecule has 0 radical (unpaired) electrons. The van der Waals surface area contributed by atoms with Gasteiger partial charge in [0.2, 0.25) is 5.91 Å². The molecular formula is C23H20N4O3. The Labute approximate surface area is 173 Å². The highest BCUT2D eigenvalue weighted by Crippen LogP contribution is 2.39. The fourth-order valence-corrected chi connectivity index (χ4v) is 3.63. The number of hydrogen-bond acceptors (Lipinski definition) is 5. The molecule has 1 aliphatic rings. The van der Waals surface area contributed by atoms with Crippen molar-refractivity contribution in [2.24, 2.45) is 0 Å². The van der Waals surface area contributed by atoms with Crippen LogP contribution >= 0.6 is 0 Å². The Morgan fingerprint density at radius 2 is 1.87 bits per heavy atom. The first-order valence-electron chi connectivity index (χ1n) is 9.58. The van der Waals surface area contributed by atoms with E-state index in [1.165, 1.54) is 0 Å². The number of hydrogen-bond donors (Lipinski definition) is 0. The maximum Gasteiger partial charge on any atom is 0.285 e. The number of aromatic nitrogens is 2. The number of carbonyl (C=O) groups is 1. The van der Waals surface area contributed by atoms with Crippen LogP contribution in [0.25, 0.3) is 0 Å². The van der Waals surface area contributed by atoms with Crippen LogP contribution in [0.4, 0.5) is 5.69 Å². The lowest BCUT2D eigenvalue weighted by Gasteiger charge is -2.37. The number of nitriles is 1. The Balaban J connectivity index is 1.77. The fraction of sp³-hybridized carbons (Fsp3) is 0.217. The van der Waals surface area contributed by atoms with Crippen LogP contribution < -0.4 is 15.2 Å². The summed E-state index contributed by atoms with van der Waals surface area (Å²) in [4.78, 5) is 27.8. The van der Waals surface area contributed by atoms with Gasteiger partial charge in [0.05, 0.1) is 17.4 Å². The fourth-order valence-electron chi connectivity index (χ4n) is 3.63. The van der Waals surface area contributed by atoms with Crippen molar-refractivity contribution < 1.29 is 9.53 Å². The Morgan fingerprint density at radius 3 is 2.60 bits per heavy atom. The standard InChI is InChI=1S/C23H20N4O3/c1-15-16(2)25-26(23(29)18(15)12-24)13-22(28)27-19-10-6-7-11-21(19)30-14-20(27)17-8-4-3-5-9-17/h3-11,20H,13-14H2,1-2H3/t20-/m1/s1. The molecule has 7 nitrogen and oxygen atoms in total. The van der Waals surface area contributed by atoms with Gasteiger partial charge in [-0.15, -0.1) is 0 Å². The van der Waals surface area contributed by atoms with Crippen LogP contribution in [0, 0.1) is 25.2 Å². The number of benzene rings is 2. The predicted molar refractivity (Wildman–Crippen MR) is 111 cm³/mol. The first-order chi connectivity index (χ1) is 14.5. The van der Waals surface area contributed by atoms with Crippen LogP contribution in [-0.4, -0.2) is 22.3 Å². The van der Waals surface area contributed by atoms with E-state index in [2.05, 4.69) is 5.10 Å². The minimum Gasteiger partial charge on any atom is -0.489 e. The lowest BCUT2D eigenvalue weighted by Crippen LogP contribution is -2.44. The van der Waals surface area contributed by atoms with Crippen molar-refractivity contribution in [3.8, 4) is 11.8 Å². The van der Waals surface area contributed by atoms with Crippen molar-refractivity contribution in [1.29, 1.82) is 5.26 Å². The number of ether oxygens (including phenoxy) is 1. The maximum atomic E-state index is 13.4. The summed E-state index contributed by atoms with van der Waals surface area (Å²) < 4.78 is 6.97. The molecule has 0 aliphatic carbocycles. The van der Waals surface area contributed by atoms with Crippen molar-refractivity contribution in [2.75, 3.05) is 11.5 Å². The lowest BCUT2D eigenvalue weighted by molar-refractivity contribution is -0.120. The molecule has 1 atom stereocenters. The number of para-hydroxylation sites is 2. The normalized spacial score (nSPS) is 15.1. The van der Waals surface area contributed by atoms with Gasteiger partial charge in [-0.1, -0.05) is 42.5 Å². The summed E-state index contributed by atoms with van der Waals surface area (Å²) >= 11 is 0. The molecule has 3 aromatic rings. The van der Waals surface area contributed by atoms with Gasteiger partial charge in [-0.3, -0.25) is 14.5 Å². The first-order valence-corrected chi connectivity index (χ1v) is 9.58. The van der Waals surface area contributed by atoms with Gasteiger partial charge in [0, 0.05) is 0 Å². The third-order valence-electron chi connectivity index (χ3n) is 5.32. The van der Waals surface area contributed by atoms with Gasteiger partial charge in [-0.2, -0.15) is 10.4 Å². The molecule has 7 heteroatoms. The Kier molecular flexibility index (Phi) is 5.07. The zero-order chi connectivity index (χ0) is 21.3. The molecule has 1 amide bonds. The second-order valence-corrected chi connectivity index (χ2v) is 7.13. The molecule has 0 saturated heterocycles. The SMILES string of the molecule is Cc1nn(CC(=O)N2c3ccccc3OC[C@@H]2c2ccccc2)c(=O)c(C#N)c1C. The van der Waals surface area contributed by atoms with Gasteiger partial charge < -0.3 is 4.74 Å². The van der Waals surface area contributed by atoms with E-state index in [9.17, 15) is 14.9 Å². The van der Waals surface area contributed by atoms with Crippen molar-refractivity contribution >= 4 is 11.6 Å². The molecule has 1 aromatic heterocycles. The van der Waals surface area contributed by atoms with E-state index in [0.29, 0.717) is 29.3 Å². The molecule has 4 rings (SSSR count). The smallest absolute Gasteiger partial charge is 0.285 e. The van der Waals surface area contributed by atoms with Crippen LogP contribution in [-0.2, 0) is 11.3 Å². The third kappa shape index (κ3) is 3.33. The molecule has 0 bridgehead atoms. The largest absolute Gasteiger partial charge is 0.489 e. The van der Waals surface area contributed by atoms with E-state index in [1.807, 2.05) is 60.7 Å². The van der Waals surface area contributed by atoms with Gasteiger partial charge in [0.15, 0.2) is 0 Å². The zero-order valence-corrected chi connectivity index (χ0v) is 16.7. The molecule has 1 aliphatic heterocycles. The summed E-state index contributed by atoms with van der Waals surface area (Å²) in [6.07, 6.45) is 0. The molecule has 0 unspecified atom stereocenters. The summed E-state index contributed by atoms with van der Waals surface area (Å²) in [6.45, 7) is 3.42. The van der Waals surface area contributed by atoms with Crippen molar-refractivity contribution in [3.05, 3.63) is 87.3 Å². The Bertz CT molecular complexity index is 1210. The van der Waals surface area contributed by atoms with Crippen molar-refractivity contribution in [2.45, 2.75) is 26.4 Å². The van der Waals surface area contributed by atoms with Crippen LogP contribution in [0.1, 0.15) is 28.4 Å². The van der Waals surface area contributed by atoms with E-state index in [1.54, 1.807) is 18.7 Å². The number of nitrogens with zero attached hydrogens (tertiary/aromatic N) is 4. The Morgan fingerprint density at radius 1 is 1.17 bits per heavy atom. The summed E-state index contributed by atoms with van der Waals surface area (Å²) in [5, 5.41) is 13.6. The van der Waals surface area contributed by atoms with E-state index in [-0.39, 0.29) is 24.1 Å². The van der Waals surface area contributed by atoms with Crippen LogP contribution in [0.3, 0.4) is 0 Å². The van der Waals surface area contributed by atoms with E-state index in [0.717, 1.165) is 10.2 Å². The van der Waals surface area contributed by atoms with E-state index in [4.69, 9.17) is 4.74 Å². The van der Waals surface area contributed by atoms with Crippen molar-refractivity contribution in [1.82, 2.24) is 9.78 Å². The second-order valence-electron chi connectivity index (χ2n) is 7.13. The number of fused-ring (bicyclic) bond motifs is 1. The number of carbonyl (C=O) groups excluding carboxylic acids is 1.